The van der Waals surface area contributed by atoms with Crippen LogP contribution in [0, 0.1) is 12.8 Å². The first-order valence-corrected chi connectivity index (χ1v) is 8.24. The van der Waals surface area contributed by atoms with Gasteiger partial charge in [0.2, 0.25) is 5.91 Å². The predicted molar refractivity (Wildman–Crippen MR) is 87.1 cm³/mol. The van der Waals surface area contributed by atoms with Gasteiger partial charge in [0.05, 0.1) is 0 Å². The normalized spacial score (nSPS) is 17.4. The standard InChI is InChI=1S/C18H28N2O/c1-14-6-5-7-15(12-14)10-11-18(21)20-17(13-19)16-8-3-2-4-9-16/h5-7,12,16-17H,2-4,8-11,13,19H2,1H3,(H,20,21). The van der Waals surface area contributed by atoms with Crippen molar-refractivity contribution in [3.63, 3.8) is 0 Å². The SMILES string of the molecule is Cc1cccc(CCC(=O)NC(CN)C2CCCCC2)c1. The fourth-order valence-electron chi connectivity index (χ4n) is 3.31. The first-order chi connectivity index (χ1) is 10.2. The molecule has 1 aliphatic carbocycles. The van der Waals surface area contributed by atoms with Gasteiger partial charge in [-0.2, -0.15) is 0 Å². The number of rotatable bonds is 6. The Balaban J connectivity index is 1.79. The maximum Gasteiger partial charge on any atom is 0.220 e. The Hall–Kier alpha value is -1.35. The summed E-state index contributed by atoms with van der Waals surface area (Å²) < 4.78 is 0. The molecule has 3 N–H and O–H groups in total. The molecule has 0 spiro atoms. The Labute approximate surface area is 128 Å². The van der Waals surface area contributed by atoms with Gasteiger partial charge in [-0.3, -0.25) is 4.79 Å². The van der Waals surface area contributed by atoms with Crippen molar-refractivity contribution in [2.75, 3.05) is 6.54 Å². The van der Waals surface area contributed by atoms with Crippen molar-refractivity contribution in [2.24, 2.45) is 11.7 Å². The molecule has 1 amide bonds. The summed E-state index contributed by atoms with van der Waals surface area (Å²) >= 11 is 0. The van der Waals surface area contributed by atoms with Crippen LogP contribution < -0.4 is 11.1 Å². The monoisotopic (exact) mass is 288 g/mol. The molecule has 116 valence electrons. The minimum Gasteiger partial charge on any atom is -0.352 e. The Morgan fingerprint density at radius 2 is 2.10 bits per heavy atom. The molecule has 0 aliphatic heterocycles. The number of hydrogen-bond acceptors (Lipinski definition) is 2. The van der Waals surface area contributed by atoms with Crippen LogP contribution >= 0.6 is 0 Å². The third-order valence-corrected chi connectivity index (χ3v) is 4.54. The van der Waals surface area contributed by atoms with Crippen LogP contribution in [0.4, 0.5) is 0 Å². The first kappa shape index (κ1) is 16.0. The van der Waals surface area contributed by atoms with Gasteiger partial charge in [-0.1, -0.05) is 49.1 Å². The van der Waals surface area contributed by atoms with Gasteiger partial charge in [-0.15, -0.1) is 0 Å². The second kappa shape index (κ2) is 8.18. The van der Waals surface area contributed by atoms with Crippen LogP contribution in [0.25, 0.3) is 0 Å². The lowest BCUT2D eigenvalue weighted by Crippen LogP contribution is -2.45. The van der Waals surface area contributed by atoms with E-state index in [1.807, 2.05) is 6.07 Å². The molecule has 1 aliphatic rings. The zero-order chi connectivity index (χ0) is 15.1. The van der Waals surface area contributed by atoms with Gasteiger partial charge in [0.15, 0.2) is 0 Å². The van der Waals surface area contributed by atoms with E-state index in [4.69, 9.17) is 5.73 Å². The number of carbonyl (C=O) groups excluding carboxylic acids is 1. The van der Waals surface area contributed by atoms with Crippen LogP contribution in [0.15, 0.2) is 24.3 Å². The number of amides is 1. The molecule has 2 rings (SSSR count). The highest BCUT2D eigenvalue weighted by molar-refractivity contribution is 5.76. The molecule has 1 aromatic carbocycles. The molecule has 1 fully saturated rings. The number of carbonyl (C=O) groups is 1. The number of aryl methyl sites for hydroxylation is 2. The van der Waals surface area contributed by atoms with Crippen molar-refractivity contribution < 1.29 is 4.79 Å². The summed E-state index contributed by atoms with van der Waals surface area (Å²) in [6, 6.07) is 8.52. The van der Waals surface area contributed by atoms with E-state index in [-0.39, 0.29) is 11.9 Å². The van der Waals surface area contributed by atoms with Gasteiger partial charge in [-0.25, -0.2) is 0 Å². The zero-order valence-corrected chi connectivity index (χ0v) is 13.1. The van der Waals surface area contributed by atoms with E-state index in [1.54, 1.807) is 0 Å². The first-order valence-electron chi connectivity index (χ1n) is 8.24. The fourth-order valence-corrected chi connectivity index (χ4v) is 3.31. The maximum absolute atomic E-state index is 12.1. The van der Waals surface area contributed by atoms with Gasteiger partial charge < -0.3 is 11.1 Å². The number of hydrogen-bond donors (Lipinski definition) is 2. The summed E-state index contributed by atoms with van der Waals surface area (Å²) in [5.41, 5.74) is 8.34. The number of nitrogens with two attached hydrogens (primary N) is 1. The minimum absolute atomic E-state index is 0.137. The van der Waals surface area contributed by atoms with Crippen LogP contribution in [-0.4, -0.2) is 18.5 Å². The predicted octanol–water partition coefficient (Wildman–Crippen LogP) is 2.95. The highest BCUT2D eigenvalue weighted by atomic mass is 16.1. The quantitative estimate of drug-likeness (QED) is 0.845. The average molecular weight is 288 g/mol. The molecular weight excluding hydrogens is 260 g/mol. The van der Waals surface area contributed by atoms with Crippen molar-refractivity contribution in [1.82, 2.24) is 5.32 Å². The fraction of sp³-hybridized carbons (Fsp3) is 0.611. The highest BCUT2D eigenvalue weighted by Crippen LogP contribution is 2.26. The minimum atomic E-state index is 0.137. The summed E-state index contributed by atoms with van der Waals surface area (Å²) in [6.07, 6.45) is 7.65. The molecule has 1 unspecified atom stereocenters. The molecule has 0 heterocycles. The van der Waals surface area contributed by atoms with E-state index < -0.39 is 0 Å². The molecule has 3 nitrogen and oxygen atoms in total. The third kappa shape index (κ3) is 5.16. The number of nitrogens with one attached hydrogen (secondary N) is 1. The van der Waals surface area contributed by atoms with Crippen molar-refractivity contribution in [3.8, 4) is 0 Å². The molecule has 1 aromatic rings. The van der Waals surface area contributed by atoms with Gasteiger partial charge in [-0.05, 0) is 37.7 Å². The Kier molecular flexibility index (Phi) is 6.24. The van der Waals surface area contributed by atoms with E-state index in [9.17, 15) is 4.79 Å². The Morgan fingerprint density at radius 1 is 1.33 bits per heavy atom. The van der Waals surface area contributed by atoms with E-state index in [0.717, 1.165) is 6.42 Å². The van der Waals surface area contributed by atoms with Crippen molar-refractivity contribution in [1.29, 1.82) is 0 Å². The largest absolute Gasteiger partial charge is 0.352 e. The Bertz CT molecular complexity index is 452. The topological polar surface area (TPSA) is 55.1 Å². The lowest BCUT2D eigenvalue weighted by molar-refractivity contribution is -0.122. The van der Waals surface area contributed by atoms with Crippen molar-refractivity contribution in [2.45, 2.75) is 57.9 Å². The second-order valence-electron chi connectivity index (χ2n) is 6.30. The summed E-state index contributed by atoms with van der Waals surface area (Å²) in [5.74, 6) is 0.712. The zero-order valence-electron chi connectivity index (χ0n) is 13.1. The van der Waals surface area contributed by atoms with Crippen LogP contribution in [0.1, 0.15) is 49.7 Å². The van der Waals surface area contributed by atoms with E-state index in [1.165, 1.54) is 43.2 Å². The van der Waals surface area contributed by atoms with E-state index in [2.05, 4.69) is 30.4 Å². The summed E-state index contributed by atoms with van der Waals surface area (Å²) in [6.45, 7) is 2.64. The van der Waals surface area contributed by atoms with Gasteiger partial charge in [0.25, 0.3) is 0 Å². The number of benzene rings is 1. The third-order valence-electron chi connectivity index (χ3n) is 4.54. The highest BCUT2D eigenvalue weighted by Gasteiger charge is 2.23. The average Bonchev–Trinajstić information content (AvgIpc) is 2.51. The molecule has 0 saturated heterocycles. The summed E-state index contributed by atoms with van der Waals surface area (Å²) in [4.78, 5) is 12.1. The molecule has 0 bridgehead atoms. The maximum atomic E-state index is 12.1. The van der Waals surface area contributed by atoms with Gasteiger partial charge >= 0.3 is 0 Å². The van der Waals surface area contributed by atoms with Crippen LogP contribution in [0.2, 0.25) is 0 Å². The lowest BCUT2D eigenvalue weighted by Gasteiger charge is -2.30. The van der Waals surface area contributed by atoms with Gasteiger partial charge in [0, 0.05) is 19.0 Å². The van der Waals surface area contributed by atoms with Crippen molar-refractivity contribution in [3.05, 3.63) is 35.4 Å². The van der Waals surface area contributed by atoms with Gasteiger partial charge in [0.1, 0.15) is 0 Å². The van der Waals surface area contributed by atoms with Crippen LogP contribution in [0.5, 0.6) is 0 Å². The molecular formula is C18H28N2O. The van der Waals surface area contributed by atoms with Crippen LogP contribution in [-0.2, 0) is 11.2 Å². The van der Waals surface area contributed by atoms with Crippen molar-refractivity contribution >= 4 is 5.91 Å². The molecule has 0 aromatic heterocycles. The molecule has 3 heteroatoms. The smallest absolute Gasteiger partial charge is 0.220 e. The van der Waals surface area contributed by atoms with E-state index >= 15 is 0 Å². The molecule has 1 saturated carbocycles. The molecule has 21 heavy (non-hydrogen) atoms. The molecule has 1 atom stereocenters. The van der Waals surface area contributed by atoms with Crippen LogP contribution in [0.3, 0.4) is 0 Å². The molecule has 0 radical (unpaired) electrons. The summed E-state index contributed by atoms with van der Waals surface area (Å²) in [5, 5.41) is 3.16. The second-order valence-corrected chi connectivity index (χ2v) is 6.30. The Morgan fingerprint density at radius 3 is 2.76 bits per heavy atom. The lowest BCUT2D eigenvalue weighted by atomic mass is 9.84. The van der Waals surface area contributed by atoms with E-state index in [0.29, 0.717) is 18.9 Å². The summed E-state index contributed by atoms with van der Waals surface area (Å²) in [7, 11) is 0.